The van der Waals surface area contributed by atoms with Gasteiger partial charge in [-0.3, -0.25) is 4.79 Å². The number of carbonyl (C=O) groups excluding carboxylic acids is 1. The molecule has 0 aliphatic heterocycles. The molecule has 0 unspecified atom stereocenters. The molecule has 5 heteroatoms. The number of likely N-dealkylation sites (N-methyl/N-ethyl adjacent to an activating group) is 2. The van der Waals surface area contributed by atoms with E-state index in [1.807, 2.05) is 24.1 Å². The van der Waals surface area contributed by atoms with E-state index < -0.39 is 0 Å². The van der Waals surface area contributed by atoms with Crippen LogP contribution in [0.1, 0.15) is 29.6 Å². The van der Waals surface area contributed by atoms with E-state index in [9.17, 15) is 4.79 Å². The maximum absolute atomic E-state index is 12.5. The SMILES string of the molecule is CN(CC1(N(C)C)CCC1)C(=O)c1ccc(I)c(Cl)c1. The van der Waals surface area contributed by atoms with Gasteiger partial charge in [-0.05, 0) is 74.1 Å². The van der Waals surface area contributed by atoms with Gasteiger partial charge in [-0.25, -0.2) is 0 Å². The summed E-state index contributed by atoms with van der Waals surface area (Å²) in [5.74, 6) is 0.0384. The second kappa shape index (κ2) is 6.20. The molecule has 0 atom stereocenters. The number of amides is 1. The van der Waals surface area contributed by atoms with Crippen molar-refractivity contribution >= 4 is 40.1 Å². The number of hydrogen-bond acceptors (Lipinski definition) is 2. The lowest BCUT2D eigenvalue weighted by molar-refractivity contribution is 0.0252. The van der Waals surface area contributed by atoms with Crippen molar-refractivity contribution in [1.29, 1.82) is 0 Å². The molecule has 1 aromatic carbocycles. The minimum atomic E-state index is 0.0384. The predicted octanol–water partition coefficient (Wildman–Crippen LogP) is 3.50. The van der Waals surface area contributed by atoms with Crippen LogP contribution < -0.4 is 0 Å². The van der Waals surface area contributed by atoms with Crippen molar-refractivity contribution in [2.75, 3.05) is 27.7 Å². The highest BCUT2D eigenvalue weighted by atomic mass is 127. The maximum Gasteiger partial charge on any atom is 0.253 e. The standard InChI is InChI=1S/C15H20ClIN2O/c1-18(2)15(7-4-8-15)10-19(3)14(20)11-5-6-13(17)12(16)9-11/h5-6,9H,4,7-8,10H2,1-3H3. The van der Waals surface area contributed by atoms with Crippen LogP contribution in [0.25, 0.3) is 0 Å². The fourth-order valence-electron chi connectivity index (χ4n) is 2.69. The van der Waals surface area contributed by atoms with Crippen LogP contribution in [-0.2, 0) is 0 Å². The molecule has 1 aliphatic carbocycles. The molecular formula is C15H20ClIN2O. The zero-order valence-corrected chi connectivity index (χ0v) is 15.0. The third kappa shape index (κ3) is 3.12. The number of carbonyl (C=O) groups is 1. The largest absolute Gasteiger partial charge is 0.340 e. The Labute approximate surface area is 139 Å². The monoisotopic (exact) mass is 406 g/mol. The Morgan fingerprint density at radius 2 is 2.00 bits per heavy atom. The minimum Gasteiger partial charge on any atom is -0.340 e. The van der Waals surface area contributed by atoms with Gasteiger partial charge >= 0.3 is 0 Å². The minimum absolute atomic E-state index is 0.0384. The molecule has 3 nitrogen and oxygen atoms in total. The van der Waals surface area contributed by atoms with Gasteiger partial charge in [0.2, 0.25) is 0 Å². The Bertz CT molecular complexity index is 515. The maximum atomic E-state index is 12.5. The van der Waals surface area contributed by atoms with Crippen molar-refractivity contribution in [3.05, 3.63) is 32.4 Å². The normalized spacial score (nSPS) is 16.9. The summed E-state index contributed by atoms with van der Waals surface area (Å²) in [5, 5.41) is 0.635. The Kier molecular flexibility index (Phi) is 4.97. The quantitative estimate of drug-likeness (QED) is 0.715. The van der Waals surface area contributed by atoms with Gasteiger partial charge in [0, 0.05) is 28.3 Å². The summed E-state index contributed by atoms with van der Waals surface area (Å²) in [4.78, 5) is 16.6. The molecule has 0 aromatic heterocycles. The molecule has 1 aliphatic rings. The first-order chi connectivity index (χ1) is 9.35. The summed E-state index contributed by atoms with van der Waals surface area (Å²) in [6.07, 6.45) is 3.56. The van der Waals surface area contributed by atoms with Gasteiger partial charge < -0.3 is 9.80 Å². The fraction of sp³-hybridized carbons (Fsp3) is 0.533. The third-order valence-corrected chi connectivity index (χ3v) is 5.85. The van der Waals surface area contributed by atoms with Gasteiger partial charge in [-0.2, -0.15) is 0 Å². The molecule has 0 bridgehead atoms. The first-order valence-electron chi connectivity index (χ1n) is 6.74. The van der Waals surface area contributed by atoms with E-state index in [1.54, 1.807) is 6.07 Å². The molecule has 0 heterocycles. The van der Waals surface area contributed by atoms with E-state index in [2.05, 4.69) is 41.6 Å². The van der Waals surface area contributed by atoms with Gasteiger partial charge in [0.1, 0.15) is 0 Å². The van der Waals surface area contributed by atoms with Crippen LogP contribution >= 0.6 is 34.2 Å². The number of hydrogen-bond donors (Lipinski definition) is 0. The summed E-state index contributed by atoms with van der Waals surface area (Å²) in [6, 6.07) is 5.48. The summed E-state index contributed by atoms with van der Waals surface area (Å²) in [5.41, 5.74) is 0.809. The van der Waals surface area contributed by atoms with Crippen molar-refractivity contribution in [2.45, 2.75) is 24.8 Å². The molecular weight excluding hydrogens is 387 g/mol. The molecule has 0 radical (unpaired) electrons. The number of benzene rings is 1. The predicted molar refractivity (Wildman–Crippen MR) is 91.4 cm³/mol. The highest BCUT2D eigenvalue weighted by Crippen LogP contribution is 2.36. The average Bonchev–Trinajstić information content (AvgIpc) is 2.35. The van der Waals surface area contributed by atoms with Crippen LogP contribution in [0.2, 0.25) is 5.02 Å². The number of nitrogens with zero attached hydrogens (tertiary/aromatic N) is 2. The van der Waals surface area contributed by atoms with Crippen LogP contribution in [0.15, 0.2) is 18.2 Å². The van der Waals surface area contributed by atoms with Gasteiger partial charge in [0.05, 0.1) is 5.02 Å². The van der Waals surface area contributed by atoms with E-state index in [0.717, 1.165) is 23.0 Å². The second-order valence-corrected chi connectivity index (χ2v) is 7.33. The molecule has 0 N–H and O–H groups in total. The zero-order valence-electron chi connectivity index (χ0n) is 12.1. The molecule has 1 fully saturated rings. The van der Waals surface area contributed by atoms with E-state index in [1.165, 1.54) is 6.42 Å². The van der Waals surface area contributed by atoms with E-state index >= 15 is 0 Å². The number of rotatable bonds is 4. The fourth-order valence-corrected chi connectivity index (χ4v) is 3.21. The van der Waals surface area contributed by atoms with Crippen LogP contribution in [0.5, 0.6) is 0 Å². The van der Waals surface area contributed by atoms with Crippen molar-refractivity contribution in [3.8, 4) is 0 Å². The van der Waals surface area contributed by atoms with E-state index in [0.29, 0.717) is 10.6 Å². The van der Waals surface area contributed by atoms with Gasteiger partial charge in [-0.15, -0.1) is 0 Å². The van der Waals surface area contributed by atoms with Crippen LogP contribution in [0.3, 0.4) is 0 Å². The molecule has 0 saturated heterocycles. The summed E-state index contributed by atoms with van der Waals surface area (Å²) < 4.78 is 0.965. The summed E-state index contributed by atoms with van der Waals surface area (Å²) >= 11 is 8.26. The lowest BCUT2D eigenvalue weighted by atomic mass is 9.75. The molecule has 1 aromatic rings. The Morgan fingerprint density at radius 1 is 1.35 bits per heavy atom. The Hall–Kier alpha value is -0.330. The van der Waals surface area contributed by atoms with Crippen LogP contribution in [0, 0.1) is 3.57 Å². The lowest BCUT2D eigenvalue weighted by Gasteiger charge is -2.49. The molecule has 110 valence electrons. The molecule has 0 spiro atoms. The third-order valence-electron chi connectivity index (χ3n) is 4.28. The van der Waals surface area contributed by atoms with Crippen molar-refractivity contribution in [1.82, 2.24) is 9.80 Å². The Morgan fingerprint density at radius 3 is 2.45 bits per heavy atom. The topological polar surface area (TPSA) is 23.6 Å². The summed E-state index contributed by atoms with van der Waals surface area (Å²) in [6.45, 7) is 0.766. The van der Waals surface area contributed by atoms with Gasteiger partial charge in [0.15, 0.2) is 0 Å². The lowest BCUT2D eigenvalue weighted by Crippen LogP contribution is -2.57. The highest BCUT2D eigenvalue weighted by molar-refractivity contribution is 14.1. The van der Waals surface area contributed by atoms with Gasteiger partial charge in [0.25, 0.3) is 5.91 Å². The summed E-state index contributed by atoms with van der Waals surface area (Å²) in [7, 11) is 6.07. The van der Waals surface area contributed by atoms with Crippen molar-refractivity contribution in [2.24, 2.45) is 0 Å². The van der Waals surface area contributed by atoms with Crippen LogP contribution in [-0.4, -0.2) is 48.9 Å². The van der Waals surface area contributed by atoms with E-state index in [-0.39, 0.29) is 11.4 Å². The smallest absolute Gasteiger partial charge is 0.253 e. The molecule has 1 amide bonds. The second-order valence-electron chi connectivity index (χ2n) is 5.76. The van der Waals surface area contributed by atoms with Crippen LogP contribution in [0.4, 0.5) is 0 Å². The average molecular weight is 407 g/mol. The molecule has 1 saturated carbocycles. The van der Waals surface area contributed by atoms with Gasteiger partial charge in [-0.1, -0.05) is 11.6 Å². The molecule has 2 rings (SSSR count). The first kappa shape index (κ1) is 16.0. The van der Waals surface area contributed by atoms with Crippen molar-refractivity contribution < 1.29 is 4.79 Å². The Balaban J connectivity index is 2.10. The van der Waals surface area contributed by atoms with E-state index in [4.69, 9.17) is 11.6 Å². The first-order valence-corrected chi connectivity index (χ1v) is 8.19. The zero-order chi connectivity index (χ0) is 14.9. The molecule has 20 heavy (non-hydrogen) atoms. The highest BCUT2D eigenvalue weighted by Gasteiger charge is 2.40. The number of halogens is 2. The van der Waals surface area contributed by atoms with Crippen molar-refractivity contribution in [3.63, 3.8) is 0 Å².